The van der Waals surface area contributed by atoms with Gasteiger partial charge >= 0.3 is 5.69 Å². The number of H-pyrrole nitrogens is 1. The molecular formula is C32H41ClF2N8O. The Bertz CT molecular complexity index is 1670. The van der Waals surface area contributed by atoms with Gasteiger partial charge in [-0.1, -0.05) is 31.0 Å². The normalized spacial score (nSPS) is 13.5. The van der Waals surface area contributed by atoms with Crippen LogP contribution in [0.1, 0.15) is 63.1 Å². The van der Waals surface area contributed by atoms with E-state index in [0.717, 1.165) is 37.7 Å². The van der Waals surface area contributed by atoms with Gasteiger partial charge in [0.2, 0.25) is 0 Å². The third kappa shape index (κ3) is 8.29. The van der Waals surface area contributed by atoms with Crippen molar-refractivity contribution in [3.8, 4) is 16.9 Å². The summed E-state index contributed by atoms with van der Waals surface area (Å²) in [5.74, 6) is -0.590. The number of aryl methyl sites for hydroxylation is 1. The summed E-state index contributed by atoms with van der Waals surface area (Å²) in [6.45, 7) is 5.37. The zero-order chi connectivity index (χ0) is 31.8. The van der Waals surface area contributed by atoms with Crippen LogP contribution in [-0.4, -0.2) is 46.0 Å². The Kier molecular flexibility index (Phi) is 11.6. The van der Waals surface area contributed by atoms with Crippen molar-refractivity contribution < 1.29 is 8.78 Å². The van der Waals surface area contributed by atoms with Crippen molar-refractivity contribution in [2.45, 2.75) is 64.5 Å². The smallest absolute Gasteiger partial charge is 0.354 e. The fraction of sp³-hybridized carbons (Fsp3) is 0.406. The van der Waals surface area contributed by atoms with E-state index in [1.165, 1.54) is 10.6 Å². The number of aromatic amines is 1. The number of nitrogens with zero attached hydrogens (tertiary/aromatic N) is 3. The number of amidine groups is 1. The molecule has 0 radical (unpaired) electrons. The molecule has 0 saturated carbocycles. The highest BCUT2D eigenvalue weighted by molar-refractivity contribution is 6.31. The fourth-order valence-corrected chi connectivity index (χ4v) is 5.43. The van der Waals surface area contributed by atoms with Crippen LogP contribution < -0.4 is 28.2 Å². The monoisotopic (exact) mass is 626 g/mol. The van der Waals surface area contributed by atoms with E-state index in [1.807, 2.05) is 13.8 Å². The molecular weight excluding hydrogens is 586 g/mol. The van der Waals surface area contributed by atoms with E-state index >= 15 is 8.78 Å². The molecule has 0 aliphatic heterocycles. The minimum atomic E-state index is -0.596. The molecule has 2 unspecified atom stereocenters. The Labute approximate surface area is 260 Å². The van der Waals surface area contributed by atoms with Crippen LogP contribution in [0.5, 0.6) is 0 Å². The second-order valence-electron chi connectivity index (χ2n) is 11.1. The number of nitrogens with two attached hydrogens (primary N) is 3. The van der Waals surface area contributed by atoms with Crippen LogP contribution in [0.3, 0.4) is 0 Å². The van der Waals surface area contributed by atoms with E-state index in [4.69, 9.17) is 28.8 Å². The van der Waals surface area contributed by atoms with E-state index in [0.29, 0.717) is 53.3 Å². The number of nitrogens with one attached hydrogen (secondary N) is 2. The molecule has 2 heterocycles. The highest BCUT2D eigenvalue weighted by atomic mass is 35.5. The first kappa shape index (κ1) is 33.3. The maximum atomic E-state index is 15.5. The summed E-state index contributed by atoms with van der Waals surface area (Å²) in [6.07, 6.45) is 6.27. The summed E-state index contributed by atoms with van der Waals surface area (Å²) in [4.78, 5) is 24.4. The lowest BCUT2D eigenvalue weighted by Gasteiger charge is -2.20. The Morgan fingerprint density at radius 1 is 1.18 bits per heavy atom. The van der Waals surface area contributed by atoms with Gasteiger partial charge in [-0.15, -0.1) is 0 Å². The molecule has 2 atom stereocenters. The van der Waals surface area contributed by atoms with Crippen LogP contribution >= 0.6 is 11.6 Å². The molecule has 12 heteroatoms. The molecule has 0 aliphatic rings. The van der Waals surface area contributed by atoms with E-state index in [-0.39, 0.29) is 29.2 Å². The number of benzene rings is 2. The first-order valence-electron chi connectivity index (χ1n) is 15.0. The lowest BCUT2D eigenvalue weighted by atomic mass is 10.0. The van der Waals surface area contributed by atoms with Crippen molar-refractivity contribution in [2.75, 3.05) is 19.6 Å². The van der Waals surface area contributed by atoms with Crippen LogP contribution in [0.15, 0.2) is 52.4 Å². The van der Waals surface area contributed by atoms with Crippen molar-refractivity contribution in [1.82, 2.24) is 19.9 Å². The van der Waals surface area contributed by atoms with Gasteiger partial charge in [0, 0.05) is 41.3 Å². The van der Waals surface area contributed by atoms with Gasteiger partial charge in [0.1, 0.15) is 17.3 Å². The molecule has 4 rings (SSSR count). The molecule has 236 valence electrons. The van der Waals surface area contributed by atoms with Crippen molar-refractivity contribution in [3.05, 3.63) is 80.9 Å². The molecule has 2 aromatic heterocycles. The van der Waals surface area contributed by atoms with Crippen molar-refractivity contribution in [2.24, 2.45) is 22.2 Å². The van der Waals surface area contributed by atoms with E-state index < -0.39 is 17.3 Å². The Morgan fingerprint density at radius 3 is 2.68 bits per heavy atom. The summed E-state index contributed by atoms with van der Waals surface area (Å²) in [6, 6.07) is 9.67. The van der Waals surface area contributed by atoms with Gasteiger partial charge in [0.05, 0.1) is 22.9 Å². The number of hydrogen-bond acceptors (Lipinski definition) is 6. The molecule has 0 spiro atoms. The average molecular weight is 627 g/mol. The Balaban J connectivity index is 1.58. The zero-order valence-electron chi connectivity index (χ0n) is 25.2. The topological polar surface area (TPSA) is 153 Å². The molecule has 0 fully saturated rings. The Morgan fingerprint density at radius 2 is 1.98 bits per heavy atom. The number of aliphatic imine (C=N–C) groups is 1. The van der Waals surface area contributed by atoms with E-state index in [2.05, 4.69) is 20.3 Å². The third-order valence-electron chi connectivity index (χ3n) is 7.48. The lowest BCUT2D eigenvalue weighted by Crippen LogP contribution is -2.26. The average Bonchev–Trinajstić information content (AvgIpc) is 3.40. The first-order chi connectivity index (χ1) is 21.1. The van der Waals surface area contributed by atoms with Crippen molar-refractivity contribution >= 4 is 28.5 Å². The van der Waals surface area contributed by atoms with Crippen LogP contribution in [0.25, 0.3) is 28.0 Å². The predicted octanol–water partition coefficient (Wildman–Crippen LogP) is 5.12. The van der Waals surface area contributed by atoms with Crippen LogP contribution in [0.4, 0.5) is 8.78 Å². The minimum absolute atomic E-state index is 0.0146. The summed E-state index contributed by atoms with van der Waals surface area (Å²) in [5.41, 5.74) is 19.1. The molecule has 2 aromatic carbocycles. The second-order valence-corrected chi connectivity index (χ2v) is 11.5. The molecule has 44 heavy (non-hydrogen) atoms. The van der Waals surface area contributed by atoms with Gasteiger partial charge in [0.15, 0.2) is 5.82 Å². The van der Waals surface area contributed by atoms with Crippen LogP contribution in [0, 0.1) is 11.6 Å². The summed E-state index contributed by atoms with van der Waals surface area (Å²) >= 11 is 6.23. The lowest BCUT2D eigenvalue weighted by molar-refractivity contribution is 0.466. The highest BCUT2D eigenvalue weighted by Gasteiger charge is 2.18. The summed E-state index contributed by atoms with van der Waals surface area (Å²) in [7, 11) is 0. The van der Waals surface area contributed by atoms with Gasteiger partial charge < -0.3 is 27.5 Å². The summed E-state index contributed by atoms with van der Waals surface area (Å²) in [5, 5.41) is 3.97. The minimum Gasteiger partial charge on any atom is -0.386 e. The third-order valence-corrected chi connectivity index (χ3v) is 7.75. The first-order valence-corrected chi connectivity index (χ1v) is 15.4. The standard InChI is InChI=1S/C32H41ClF2N8O/c1-3-6-27(39-11-5-12-40-29(38)17-36)23-10-9-22(16-26(23)34)43-18-21-15-28(41-31(21)42-32(43)44)24-13-20(8-4-7-19(2)37)14-25(33)30(24)35/h9-10,13-16,18-19,27,39H,3-8,11-12,17,36-37H2,1-2H3,(H2,38,40)(H,41,42,44). The summed E-state index contributed by atoms with van der Waals surface area (Å²) < 4.78 is 31.9. The van der Waals surface area contributed by atoms with Crippen molar-refractivity contribution in [3.63, 3.8) is 0 Å². The van der Waals surface area contributed by atoms with Gasteiger partial charge in [0.25, 0.3) is 0 Å². The van der Waals surface area contributed by atoms with Crippen LogP contribution in [0.2, 0.25) is 5.02 Å². The maximum absolute atomic E-state index is 15.5. The molecule has 0 aliphatic carbocycles. The predicted molar refractivity (Wildman–Crippen MR) is 174 cm³/mol. The number of aromatic nitrogens is 3. The number of rotatable bonds is 15. The maximum Gasteiger partial charge on any atom is 0.354 e. The number of hydrogen-bond donors (Lipinski definition) is 5. The second kappa shape index (κ2) is 15.4. The fourth-order valence-electron chi connectivity index (χ4n) is 5.19. The quantitative estimate of drug-likeness (QED) is 0.0701. The molecule has 0 bridgehead atoms. The molecule has 0 saturated heterocycles. The molecule has 0 amide bonds. The number of fused-ring (bicyclic) bond motifs is 1. The molecule has 4 aromatic rings. The van der Waals surface area contributed by atoms with E-state index in [9.17, 15) is 4.79 Å². The van der Waals surface area contributed by atoms with Crippen molar-refractivity contribution in [1.29, 1.82) is 0 Å². The Hall–Kier alpha value is -3.64. The largest absolute Gasteiger partial charge is 0.386 e. The van der Waals surface area contributed by atoms with Gasteiger partial charge in [-0.2, -0.15) is 4.98 Å². The SMILES string of the molecule is CCCC(NCCCN=C(N)CN)c1ccc(-n2cc3cc(-c4cc(CCCC(C)N)cc(Cl)c4F)[nH]c3nc2=O)cc1F. The number of halogens is 3. The van der Waals surface area contributed by atoms with E-state index in [1.54, 1.807) is 36.5 Å². The zero-order valence-corrected chi connectivity index (χ0v) is 25.9. The highest BCUT2D eigenvalue weighted by Crippen LogP contribution is 2.31. The molecule has 9 nitrogen and oxygen atoms in total. The van der Waals surface area contributed by atoms with Crippen LogP contribution in [-0.2, 0) is 6.42 Å². The van der Waals surface area contributed by atoms with Gasteiger partial charge in [-0.3, -0.25) is 9.56 Å². The molecule has 8 N–H and O–H groups in total. The van der Waals surface area contributed by atoms with Gasteiger partial charge in [-0.05, 0) is 81.5 Å². The van der Waals surface area contributed by atoms with Gasteiger partial charge in [-0.25, -0.2) is 13.6 Å².